The van der Waals surface area contributed by atoms with E-state index in [9.17, 15) is 9.90 Å². The smallest absolute Gasteiger partial charge is 0.265 e. The van der Waals surface area contributed by atoms with Crippen molar-refractivity contribution >= 4 is 17.2 Å². The predicted molar refractivity (Wildman–Crippen MR) is 67.2 cm³/mol. The van der Waals surface area contributed by atoms with E-state index in [-0.39, 0.29) is 17.9 Å². The van der Waals surface area contributed by atoms with E-state index in [4.69, 9.17) is 0 Å². The number of aliphatic hydroxyl groups excluding tert-OH is 1. The molecule has 2 heterocycles. The van der Waals surface area contributed by atoms with Gasteiger partial charge in [-0.25, -0.2) is 4.98 Å². The molecule has 94 valence electrons. The normalized spacial score (nSPS) is 21.8. The van der Waals surface area contributed by atoms with E-state index in [1.807, 2.05) is 11.8 Å². The lowest BCUT2D eigenvalue weighted by molar-refractivity contribution is 0.0767. The zero-order valence-corrected chi connectivity index (χ0v) is 11.0. The first-order valence-corrected chi connectivity index (χ1v) is 6.85. The van der Waals surface area contributed by atoms with Crippen molar-refractivity contribution in [3.8, 4) is 0 Å². The molecule has 1 aromatic heterocycles. The molecule has 0 aromatic carbocycles. The zero-order chi connectivity index (χ0) is 12.4. The molecule has 0 radical (unpaired) electrons. The van der Waals surface area contributed by atoms with Gasteiger partial charge < -0.3 is 10.0 Å². The van der Waals surface area contributed by atoms with Gasteiger partial charge in [0.25, 0.3) is 5.91 Å². The molecule has 0 spiro atoms. The predicted octanol–water partition coefficient (Wildman–Crippen LogP) is 1.55. The highest BCUT2D eigenvalue weighted by Gasteiger charge is 2.30. The number of carbonyl (C=O) groups excluding carboxylic acids is 1. The fourth-order valence-electron chi connectivity index (χ4n) is 2.09. The van der Waals surface area contributed by atoms with Gasteiger partial charge in [-0.15, -0.1) is 11.3 Å². The average Bonchev–Trinajstić information content (AvgIpc) is 2.97. The quantitative estimate of drug-likeness (QED) is 0.890. The van der Waals surface area contributed by atoms with Crippen LogP contribution in [0.2, 0.25) is 0 Å². The van der Waals surface area contributed by atoms with Crippen molar-refractivity contribution in [2.45, 2.75) is 32.8 Å². The summed E-state index contributed by atoms with van der Waals surface area (Å²) in [4.78, 5) is 18.9. The van der Waals surface area contributed by atoms with Crippen molar-refractivity contribution in [1.29, 1.82) is 0 Å². The second kappa shape index (κ2) is 5.14. The SMILES string of the molecule is CCc1ncc(C(=O)N2CCC(C(C)O)C2)s1. The minimum atomic E-state index is -0.333. The number of hydrogen-bond acceptors (Lipinski definition) is 4. The summed E-state index contributed by atoms with van der Waals surface area (Å²) in [5.74, 6) is 0.280. The third-order valence-electron chi connectivity index (χ3n) is 3.26. The molecule has 17 heavy (non-hydrogen) atoms. The van der Waals surface area contributed by atoms with Crippen LogP contribution >= 0.6 is 11.3 Å². The van der Waals surface area contributed by atoms with Crippen LogP contribution in [0.4, 0.5) is 0 Å². The second-order valence-corrected chi connectivity index (χ2v) is 5.63. The third kappa shape index (κ3) is 2.66. The first kappa shape index (κ1) is 12.5. The summed E-state index contributed by atoms with van der Waals surface area (Å²) in [6.07, 6.45) is 3.10. The fraction of sp³-hybridized carbons (Fsp3) is 0.667. The molecule has 0 aliphatic carbocycles. The Morgan fingerprint density at radius 3 is 3.06 bits per heavy atom. The third-order valence-corrected chi connectivity index (χ3v) is 4.39. The molecular weight excluding hydrogens is 236 g/mol. The number of thiazole rings is 1. The number of amides is 1. The van der Waals surface area contributed by atoms with E-state index in [2.05, 4.69) is 4.98 Å². The van der Waals surface area contributed by atoms with Gasteiger partial charge in [0.05, 0.1) is 17.3 Å². The molecule has 2 atom stereocenters. The van der Waals surface area contributed by atoms with Gasteiger partial charge in [-0.1, -0.05) is 6.92 Å². The number of aryl methyl sites for hydroxylation is 1. The maximum Gasteiger partial charge on any atom is 0.265 e. The molecule has 1 aliphatic rings. The topological polar surface area (TPSA) is 53.4 Å². The number of nitrogens with zero attached hydrogens (tertiary/aromatic N) is 2. The summed E-state index contributed by atoms with van der Waals surface area (Å²) in [5, 5.41) is 10.5. The van der Waals surface area contributed by atoms with Crippen LogP contribution in [0.25, 0.3) is 0 Å². The maximum absolute atomic E-state index is 12.2. The first-order valence-electron chi connectivity index (χ1n) is 6.03. The van der Waals surface area contributed by atoms with Crippen LogP contribution in [0, 0.1) is 5.92 Å². The molecule has 4 nitrogen and oxygen atoms in total. The van der Waals surface area contributed by atoms with Crippen molar-refractivity contribution in [2.75, 3.05) is 13.1 Å². The molecule has 1 aliphatic heterocycles. The number of hydrogen-bond donors (Lipinski definition) is 1. The van der Waals surface area contributed by atoms with Gasteiger partial charge in [-0.3, -0.25) is 4.79 Å². The Hall–Kier alpha value is -0.940. The zero-order valence-electron chi connectivity index (χ0n) is 10.2. The molecule has 0 saturated carbocycles. The lowest BCUT2D eigenvalue weighted by Crippen LogP contribution is -2.29. The molecule has 1 saturated heterocycles. The minimum absolute atomic E-state index is 0.0605. The molecule has 1 fully saturated rings. The van der Waals surface area contributed by atoms with Gasteiger partial charge in [-0.05, 0) is 19.8 Å². The van der Waals surface area contributed by atoms with Crippen LogP contribution in [-0.2, 0) is 6.42 Å². The van der Waals surface area contributed by atoms with Crippen LogP contribution in [-0.4, -0.2) is 40.1 Å². The highest BCUT2D eigenvalue weighted by molar-refractivity contribution is 7.13. The molecule has 5 heteroatoms. The van der Waals surface area contributed by atoms with E-state index >= 15 is 0 Å². The first-order chi connectivity index (χ1) is 8.11. The Labute approximate surface area is 105 Å². The Bertz CT molecular complexity index is 403. The summed E-state index contributed by atoms with van der Waals surface area (Å²) < 4.78 is 0. The van der Waals surface area contributed by atoms with Crippen LogP contribution in [0.15, 0.2) is 6.20 Å². The van der Waals surface area contributed by atoms with Gasteiger partial charge in [0.1, 0.15) is 4.88 Å². The molecule has 1 aromatic rings. The summed E-state index contributed by atoms with van der Waals surface area (Å²) in [6.45, 7) is 5.23. The monoisotopic (exact) mass is 254 g/mol. The number of rotatable bonds is 3. The molecular formula is C12H18N2O2S. The van der Waals surface area contributed by atoms with Crippen molar-refractivity contribution in [3.05, 3.63) is 16.1 Å². The summed E-state index contributed by atoms with van der Waals surface area (Å²) in [6, 6.07) is 0. The summed E-state index contributed by atoms with van der Waals surface area (Å²) in [5.41, 5.74) is 0. The van der Waals surface area contributed by atoms with Crippen molar-refractivity contribution in [2.24, 2.45) is 5.92 Å². The van der Waals surface area contributed by atoms with Gasteiger partial charge >= 0.3 is 0 Å². The van der Waals surface area contributed by atoms with Gasteiger partial charge in [-0.2, -0.15) is 0 Å². The number of aliphatic hydroxyl groups is 1. The molecule has 2 unspecified atom stereocenters. The van der Waals surface area contributed by atoms with Crippen LogP contribution in [0.5, 0.6) is 0 Å². The Balaban J connectivity index is 2.01. The molecule has 2 rings (SSSR count). The van der Waals surface area contributed by atoms with E-state index in [1.165, 1.54) is 11.3 Å². The van der Waals surface area contributed by atoms with E-state index in [0.29, 0.717) is 11.4 Å². The highest BCUT2D eigenvalue weighted by atomic mass is 32.1. The van der Waals surface area contributed by atoms with E-state index in [1.54, 1.807) is 13.1 Å². The summed E-state index contributed by atoms with van der Waals surface area (Å²) >= 11 is 1.47. The second-order valence-electron chi connectivity index (χ2n) is 4.51. The van der Waals surface area contributed by atoms with Crippen molar-refractivity contribution in [1.82, 2.24) is 9.88 Å². The summed E-state index contributed by atoms with van der Waals surface area (Å²) in [7, 11) is 0. The maximum atomic E-state index is 12.2. The van der Waals surface area contributed by atoms with Crippen LogP contribution in [0.1, 0.15) is 34.9 Å². The van der Waals surface area contributed by atoms with Gasteiger partial charge in [0, 0.05) is 19.0 Å². The fourth-order valence-corrected chi connectivity index (χ4v) is 2.92. The highest BCUT2D eigenvalue weighted by Crippen LogP contribution is 2.23. The number of aromatic nitrogens is 1. The average molecular weight is 254 g/mol. The largest absolute Gasteiger partial charge is 0.393 e. The van der Waals surface area contributed by atoms with Crippen LogP contribution in [0.3, 0.4) is 0 Å². The molecule has 1 amide bonds. The van der Waals surface area contributed by atoms with Gasteiger partial charge in [0.15, 0.2) is 0 Å². The van der Waals surface area contributed by atoms with Gasteiger partial charge in [0.2, 0.25) is 0 Å². The van der Waals surface area contributed by atoms with Crippen molar-refractivity contribution in [3.63, 3.8) is 0 Å². The molecule has 1 N–H and O–H groups in total. The minimum Gasteiger partial charge on any atom is -0.393 e. The van der Waals surface area contributed by atoms with E-state index in [0.717, 1.165) is 24.4 Å². The Kier molecular flexibility index (Phi) is 3.79. The van der Waals surface area contributed by atoms with Crippen LogP contribution < -0.4 is 0 Å². The van der Waals surface area contributed by atoms with Crippen molar-refractivity contribution < 1.29 is 9.90 Å². The number of carbonyl (C=O) groups is 1. The van der Waals surface area contributed by atoms with E-state index < -0.39 is 0 Å². The molecule has 0 bridgehead atoms. The Morgan fingerprint density at radius 2 is 2.53 bits per heavy atom. The lowest BCUT2D eigenvalue weighted by Gasteiger charge is -2.16. The lowest BCUT2D eigenvalue weighted by atomic mass is 10.0. The Morgan fingerprint density at radius 1 is 1.76 bits per heavy atom. The standard InChI is InChI=1S/C12H18N2O2S/c1-3-11-13-6-10(17-11)12(16)14-5-4-9(7-14)8(2)15/h6,8-9,15H,3-5,7H2,1-2H3. The number of likely N-dealkylation sites (tertiary alicyclic amines) is 1.